The molecule has 19 heavy (non-hydrogen) atoms. The molecule has 0 aliphatic rings. The van der Waals surface area contributed by atoms with E-state index in [2.05, 4.69) is 5.32 Å². The van der Waals surface area contributed by atoms with Gasteiger partial charge in [-0.15, -0.1) is 0 Å². The molecule has 0 spiro atoms. The Morgan fingerprint density at radius 2 is 1.79 bits per heavy atom. The third-order valence-electron chi connectivity index (χ3n) is 3.06. The van der Waals surface area contributed by atoms with Gasteiger partial charge in [0.15, 0.2) is 9.84 Å². The number of sulfone groups is 1. The SMILES string of the molecule is CCCNC(C)(c1ccc(S(C)(=O)=O)cc1)C(F)F. The van der Waals surface area contributed by atoms with Crippen LogP contribution in [0.4, 0.5) is 8.78 Å². The summed E-state index contributed by atoms with van der Waals surface area (Å²) in [5.41, 5.74) is -1.09. The van der Waals surface area contributed by atoms with Gasteiger partial charge in [0, 0.05) is 6.26 Å². The Morgan fingerprint density at radius 3 is 2.16 bits per heavy atom. The van der Waals surface area contributed by atoms with E-state index in [-0.39, 0.29) is 4.90 Å². The number of rotatable bonds is 6. The highest BCUT2D eigenvalue weighted by Gasteiger charge is 2.36. The van der Waals surface area contributed by atoms with Gasteiger partial charge in [-0.25, -0.2) is 17.2 Å². The highest BCUT2D eigenvalue weighted by atomic mass is 32.2. The van der Waals surface area contributed by atoms with Crippen LogP contribution in [-0.2, 0) is 15.4 Å². The molecule has 3 nitrogen and oxygen atoms in total. The predicted molar refractivity (Wildman–Crippen MR) is 71.2 cm³/mol. The van der Waals surface area contributed by atoms with Crippen LogP contribution in [0, 0.1) is 0 Å². The molecule has 0 heterocycles. The number of benzene rings is 1. The van der Waals surface area contributed by atoms with Crippen molar-refractivity contribution in [3.8, 4) is 0 Å². The van der Waals surface area contributed by atoms with E-state index in [1.807, 2.05) is 6.92 Å². The first-order valence-corrected chi connectivity index (χ1v) is 7.94. The van der Waals surface area contributed by atoms with Gasteiger partial charge in [0.05, 0.1) is 4.90 Å². The van der Waals surface area contributed by atoms with Crippen molar-refractivity contribution in [1.82, 2.24) is 5.32 Å². The van der Waals surface area contributed by atoms with Crippen molar-refractivity contribution >= 4 is 9.84 Å². The number of hydrogen-bond donors (Lipinski definition) is 1. The fraction of sp³-hybridized carbons (Fsp3) is 0.538. The van der Waals surface area contributed by atoms with Crippen molar-refractivity contribution in [2.24, 2.45) is 0 Å². The maximum absolute atomic E-state index is 13.2. The molecule has 0 aliphatic carbocycles. The minimum absolute atomic E-state index is 0.128. The molecule has 1 rings (SSSR count). The van der Waals surface area contributed by atoms with E-state index in [4.69, 9.17) is 0 Å². The second-order valence-electron chi connectivity index (χ2n) is 4.73. The van der Waals surface area contributed by atoms with Gasteiger partial charge in [-0.1, -0.05) is 19.1 Å². The van der Waals surface area contributed by atoms with Crippen LogP contribution in [0.15, 0.2) is 29.2 Å². The summed E-state index contributed by atoms with van der Waals surface area (Å²) in [5, 5.41) is 2.82. The average molecular weight is 291 g/mol. The lowest BCUT2D eigenvalue weighted by Gasteiger charge is -2.30. The largest absolute Gasteiger partial charge is 0.303 e. The van der Waals surface area contributed by atoms with Crippen LogP contribution in [0.2, 0.25) is 0 Å². The van der Waals surface area contributed by atoms with Crippen molar-refractivity contribution in [2.45, 2.75) is 37.1 Å². The van der Waals surface area contributed by atoms with E-state index in [1.54, 1.807) is 0 Å². The molecule has 0 aromatic heterocycles. The van der Waals surface area contributed by atoms with Gasteiger partial charge in [0.2, 0.25) is 0 Å². The lowest BCUT2D eigenvalue weighted by atomic mass is 9.92. The molecule has 0 saturated heterocycles. The fourth-order valence-electron chi connectivity index (χ4n) is 1.74. The Hall–Kier alpha value is -1.01. The second-order valence-corrected chi connectivity index (χ2v) is 6.74. The van der Waals surface area contributed by atoms with Crippen molar-refractivity contribution in [2.75, 3.05) is 12.8 Å². The topological polar surface area (TPSA) is 46.2 Å². The first-order chi connectivity index (χ1) is 8.71. The molecule has 0 saturated carbocycles. The lowest BCUT2D eigenvalue weighted by molar-refractivity contribution is 0.0385. The van der Waals surface area contributed by atoms with E-state index in [1.165, 1.54) is 31.2 Å². The maximum Gasteiger partial charge on any atom is 0.260 e. The second kappa shape index (κ2) is 5.96. The number of alkyl halides is 2. The van der Waals surface area contributed by atoms with Crippen molar-refractivity contribution in [3.63, 3.8) is 0 Å². The van der Waals surface area contributed by atoms with Crippen LogP contribution in [0.5, 0.6) is 0 Å². The third-order valence-corrected chi connectivity index (χ3v) is 4.19. The number of halogens is 2. The van der Waals surface area contributed by atoms with Gasteiger partial charge in [-0.05, 0) is 37.6 Å². The Bertz CT molecular complexity index is 514. The third kappa shape index (κ3) is 3.73. The van der Waals surface area contributed by atoms with Gasteiger partial charge in [0.25, 0.3) is 6.43 Å². The average Bonchev–Trinajstić information content (AvgIpc) is 2.34. The Balaban J connectivity index is 3.11. The Kier molecular flexibility index (Phi) is 5.04. The van der Waals surface area contributed by atoms with Crippen LogP contribution < -0.4 is 5.32 Å². The standard InChI is InChI=1S/C13H19F2NO2S/c1-4-9-16-13(2,12(14)15)10-5-7-11(8-6-10)19(3,17)18/h5-8,12,16H,4,9H2,1-3H3. The Morgan fingerprint density at radius 1 is 1.26 bits per heavy atom. The fourth-order valence-corrected chi connectivity index (χ4v) is 2.37. The molecule has 1 unspecified atom stereocenters. The van der Waals surface area contributed by atoms with E-state index < -0.39 is 21.8 Å². The summed E-state index contributed by atoms with van der Waals surface area (Å²) in [6.45, 7) is 3.78. The quantitative estimate of drug-likeness (QED) is 0.876. The van der Waals surface area contributed by atoms with Crippen molar-refractivity contribution in [3.05, 3.63) is 29.8 Å². The molecule has 6 heteroatoms. The molecule has 0 bridgehead atoms. The summed E-state index contributed by atoms with van der Waals surface area (Å²) in [5.74, 6) is 0. The van der Waals surface area contributed by atoms with Gasteiger partial charge < -0.3 is 5.32 Å². The smallest absolute Gasteiger partial charge is 0.260 e. The molecule has 0 radical (unpaired) electrons. The molecule has 1 N–H and O–H groups in total. The normalized spacial score (nSPS) is 15.5. The van der Waals surface area contributed by atoms with Crippen LogP contribution >= 0.6 is 0 Å². The molecule has 0 fully saturated rings. The van der Waals surface area contributed by atoms with Gasteiger partial charge in [-0.3, -0.25) is 0 Å². The summed E-state index contributed by atoms with van der Waals surface area (Å²) in [7, 11) is -3.31. The summed E-state index contributed by atoms with van der Waals surface area (Å²) < 4.78 is 49.2. The van der Waals surface area contributed by atoms with Crippen LogP contribution in [0.3, 0.4) is 0 Å². The molecule has 1 atom stereocenters. The molecule has 0 amide bonds. The zero-order valence-corrected chi connectivity index (χ0v) is 12.1. The highest BCUT2D eigenvalue weighted by Crippen LogP contribution is 2.28. The van der Waals surface area contributed by atoms with Crippen molar-refractivity contribution < 1.29 is 17.2 Å². The van der Waals surface area contributed by atoms with E-state index in [0.717, 1.165) is 12.7 Å². The summed E-state index contributed by atoms with van der Waals surface area (Å²) >= 11 is 0. The lowest BCUT2D eigenvalue weighted by Crippen LogP contribution is -2.46. The minimum Gasteiger partial charge on any atom is -0.303 e. The first kappa shape index (κ1) is 16.0. The molecule has 1 aromatic rings. The summed E-state index contributed by atoms with van der Waals surface area (Å²) in [4.78, 5) is 0.128. The highest BCUT2D eigenvalue weighted by molar-refractivity contribution is 7.90. The van der Waals surface area contributed by atoms with E-state index in [0.29, 0.717) is 12.1 Å². The van der Waals surface area contributed by atoms with E-state index in [9.17, 15) is 17.2 Å². The number of hydrogen-bond acceptors (Lipinski definition) is 3. The molecule has 108 valence electrons. The van der Waals surface area contributed by atoms with Crippen molar-refractivity contribution in [1.29, 1.82) is 0 Å². The summed E-state index contributed by atoms with van der Waals surface area (Å²) in [6.07, 6.45) is -0.754. The molecular weight excluding hydrogens is 272 g/mol. The monoisotopic (exact) mass is 291 g/mol. The maximum atomic E-state index is 13.2. The number of nitrogens with one attached hydrogen (secondary N) is 1. The summed E-state index contributed by atoms with van der Waals surface area (Å²) in [6, 6.07) is 5.59. The first-order valence-electron chi connectivity index (χ1n) is 6.05. The van der Waals surface area contributed by atoms with Crippen LogP contribution in [0.1, 0.15) is 25.8 Å². The van der Waals surface area contributed by atoms with E-state index >= 15 is 0 Å². The van der Waals surface area contributed by atoms with Crippen LogP contribution in [-0.4, -0.2) is 27.6 Å². The van der Waals surface area contributed by atoms with Crippen LogP contribution in [0.25, 0.3) is 0 Å². The van der Waals surface area contributed by atoms with Gasteiger partial charge in [-0.2, -0.15) is 0 Å². The zero-order chi connectivity index (χ0) is 14.7. The molecular formula is C13H19F2NO2S. The zero-order valence-electron chi connectivity index (χ0n) is 11.3. The van der Waals surface area contributed by atoms with Gasteiger partial charge >= 0.3 is 0 Å². The molecule has 1 aromatic carbocycles. The predicted octanol–water partition coefficient (Wildman–Crippen LogP) is 2.57. The minimum atomic E-state index is -3.31. The molecule has 0 aliphatic heterocycles. The Labute approximate surface area is 112 Å². The van der Waals surface area contributed by atoms with Gasteiger partial charge in [0.1, 0.15) is 5.54 Å².